The van der Waals surface area contributed by atoms with Crippen LogP contribution in [0, 0.1) is 5.92 Å². The number of hydrogen-bond donors (Lipinski definition) is 2. The Morgan fingerprint density at radius 2 is 1.83 bits per heavy atom. The summed E-state index contributed by atoms with van der Waals surface area (Å²) in [7, 11) is 0. The second-order valence-electron chi connectivity index (χ2n) is 7.59. The first kappa shape index (κ1) is 22.2. The molecule has 1 amide bonds. The summed E-state index contributed by atoms with van der Waals surface area (Å²) in [6, 6.07) is 12.0. The van der Waals surface area contributed by atoms with E-state index in [0.29, 0.717) is 0 Å². The number of carbonyl (C=O) groups is 1. The number of carbonyl (C=O) groups excluding carboxylic acids is 1. The lowest BCUT2D eigenvalue weighted by Crippen LogP contribution is -2.43. The van der Waals surface area contributed by atoms with Gasteiger partial charge in [-0.2, -0.15) is 13.2 Å². The molecule has 30 heavy (non-hydrogen) atoms. The van der Waals surface area contributed by atoms with Gasteiger partial charge in [-0.3, -0.25) is 4.79 Å². The van der Waals surface area contributed by atoms with E-state index >= 15 is 0 Å². The molecule has 1 aliphatic rings. The molecule has 0 aromatic heterocycles. The van der Waals surface area contributed by atoms with Crippen molar-refractivity contribution in [3.63, 3.8) is 0 Å². The van der Waals surface area contributed by atoms with E-state index in [4.69, 9.17) is 0 Å². The Kier molecular flexibility index (Phi) is 6.45. The molecule has 3 rings (SSSR count). The Balaban J connectivity index is 1.83. The summed E-state index contributed by atoms with van der Waals surface area (Å²) in [6.07, 6.45) is -5.46. The second kappa shape index (κ2) is 8.71. The number of alkyl halides is 5. The van der Waals surface area contributed by atoms with Gasteiger partial charge in [0.1, 0.15) is 0 Å². The Morgan fingerprint density at radius 3 is 2.47 bits per heavy atom. The van der Waals surface area contributed by atoms with E-state index in [0.717, 1.165) is 17.7 Å². The third kappa shape index (κ3) is 5.16. The van der Waals surface area contributed by atoms with Gasteiger partial charge in [0.2, 0.25) is 11.8 Å². The third-order valence-electron chi connectivity index (χ3n) is 5.51. The summed E-state index contributed by atoms with van der Waals surface area (Å²) < 4.78 is 67.1. The second-order valence-corrected chi connectivity index (χ2v) is 7.59. The highest BCUT2D eigenvalue weighted by Gasteiger charge is 2.45. The maximum atomic E-state index is 14.1. The Labute approximate surface area is 170 Å². The van der Waals surface area contributed by atoms with Crippen molar-refractivity contribution in [3.05, 3.63) is 71.3 Å². The van der Waals surface area contributed by atoms with Crippen LogP contribution < -0.4 is 5.32 Å². The SMILES string of the molecule is O=C(N[C@@H](CO)c1cccc(C(F)(F)F)c1)C1CC(F)(F)CCC1c1ccccc1. The molecule has 0 bridgehead atoms. The van der Waals surface area contributed by atoms with Crippen LogP contribution in [0.5, 0.6) is 0 Å². The average Bonchev–Trinajstić information content (AvgIpc) is 2.71. The van der Waals surface area contributed by atoms with Crippen LogP contribution in [0.1, 0.15) is 47.9 Å². The third-order valence-corrected chi connectivity index (χ3v) is 5.51. The molecule has 0 spiro atoms. The molecule has 2 N–H and O–H groups in total. The van der Waals surface area contributed by atoms with Crippen molar-refractivity contribution in [1.29, 1.82) is 0 Å². The fourth-order valence-corrected chi connectivity index (χ4v) is 3.95. The Bertz CT molecular complexity index is 869. The van der Waals surface area contributed by atoms with Crippen LogP contribution in [0.15, 0.2) is 54.6 Å². The summed E-state index contributed by atoms with van der Waals surface area (Å²) in [4.78, 5) is 12.9. The van der Waals surface area contributed by atoms with Crippen LogP contribution in [-0.2, 0) is 11.0 Å². The van der Waals surface area contributed by atoms with Crippen molar-refractivity contribution >= 4 is 5.91 Å². The monoisotopic (exact) mass is 427 g/mol. The molecule has 162 valence electrons. The Hall–Kier alpha value is -2.48. The van der Waals surface area contributed by atoms with Crippen LogP contribution in [0.2, 0.25) is 0 Å². The predicted molar refractivity (Wildman–Crippen MR) is 101 cm³/mol. The van der Waals surface area contributed by atoms with Crippen LogP contribution in [0.25, 0.3) is 0 Å². The highest BCUT2D eigenvalue weighted by atomic mass is 19.4. The van der Waals surface area contributed by atoms with E-state index in [9.17, 15) is 31.9 Å². The molecule has 2 aromatic carbocycles. The molecule has 8 heteroatoms. The van der Waals surface area contributed by atoms with E-state index < -0.39 is 54.5 Å². The van der Waals surface area contributed by atoms with Crippen molar-refractivity contribution in [1.82, 2.24) is 5.32 Å². The van der Waals surface area contributed by atoms with Crippen LogP contribution in [-0.4, -0.2) is 23.5 Å². The number of aliphatic hydroxyl groups is 1. The standard InChI is InChI=1S/C22H22F5NO2/c23-21(24)10-9-17(14-5-2-1-3-6-14)18(12-21)20(30)28-19(13-29)15-7-4-8-16(11-15)22(25,26)27/h1-8,11,17-19,29H,9-10,12-13H2,(H,28,30)/t17?,18?,19-/m0/s1. The van der Waals surface area contributed by atoms with E-state index in [2.05, 4.69) is 5.32 Å². The van der Waals surface area contributed by atoms with Crippen molar-refractivity contribution in [3.8, 4) is 0 Å². The van der Waals surface area contributed by atoms with Crippen molar-refractivity contribution in [2.45, 2.75) is 43.3 Å². The normalized spacial score (nSPS) is 22.3. The van der Waals surface area contributed by atoms with Gasteiger partial charge >= 0.3 is 6.18 Å². The van der Waals surface area contributed by atoms with Gasteiger partial charge in [0.15, 0.2) is 0 Å². The van der Waals surface area contributed by atoms with Gasteiger partial charge in [0.25, 0.3) is 0 Å². The van der Waals surface area contributed by atoms with E-state index in [1.54, 1.807) is 30.3 Å². The predicted octanol–water partition coefficient (Wildman–Crippen LogP) is 5.07. The lowest BCUT2D eigenvalue weighted by atomic mass is 9.73. The van der Waals surface area contributed by atoms with Gasteiger partial charge in [-0.05, 0) is 35.6 Å². The van der Waals surface area contributed by atoms with E-state index in [1.165, 1.54) is 12.1 Å². The fraction of sp³-hybridized carbons (Fsp3) is 0.409. The summed E-state index contributed by atoms with van der Waals surface area (Å²) in [6.45, 7) is -0.661. The minimum atomic E-state index is -4.58. The minimum Gasteiger partial charge on any atom is -0.394 e. The molecule has 0 aliphatic heterocycles. The molecule has 0 saturated heterocycles. The zero-order valence-electron chi connectivity index (χ0n) is 16.0. The first-order chi connectivity index (χ1) is 14.1. The van der Waals surface area contributed by atoms with Crippen LogP contribution in [0.3, 0.4) is 0 Å². The number of halogens is 5. The Morgan fingerprint density at radius 1 is 1.13 bits per heavy atom. The molecular formula is C22H22F5NO2. The average molecular weight is 427 g/mol. The molecule has 0 heterocycles. The molecule has 2 aromatic rings. The minimum absolute atomic E-state index is 0.0551. The quantitative estimate of drug-likeness (QED) is 0.655. The number of aliphatic hydroxyl groups excluding tert-OH is 1. The van der Waals surface area contributed by atoms with Crippen molar-refractivity contribution in [2.24, 2.45) is 5.92 Å². The van der Waals surface area contributed by atoms with Gasteiger partial charge in [-0.15, -0.1) is 0 Å². The van der Waals surface area contributed by atoms with E-state index in [1.807, 2.05) is 0 Å². The number of benzene rings is 2. The van der Waals surface area contributed by atoms with Crippen LogP contribution in [0.4, 0.5) is 22.0 Å². The number of hydrogen-bond acceptors (Lipinski definition) is 2. The van der Waals surface area contributed by atoms with Gasteiger partial charge in [-0.25, -0.2) is 8.78 Å². The van der Waals surface area contributed by atoms with Gasteiger partial charge in [0, 0.05) is 12.8 Å². The first-order valence-corrected chi connectivity index (χ1v) is 9.62. The molecule has 1 fully saturated rings. The molecule has 3 nitrogen and oxygen atoms in total. The summed E-state index contributed by atoms with van der Waals surface area (Å²) in [5, 5.41) is 12.1. The maximum Gasteiger partial charge on any atom is 0.416 e. The highest BCUT2D eigenvalue weighted by Crippen LogP contribution is 2.45. The van der Waals surface area contributed by atoms with Gasteiger partial charge < -0.3 is 10.4 Å². The van der Waals surface area contributed by atoms with Gasteiger partial charge in [-0.1, -0.05) is 42.5 Å². The lowest BCUT2D eigenvalue weighted by molar-refractivity contribution is -0.137. The summed E-state index contributed by atoms with van der Waals surface area (Å²) >= 11 is 0. The molecule has 3 atom stereocenters. The molecule has 0 radical (unpaired) electrons. The van der Waals surface area contributed by atoms with Gasteiger partial charge in [0.05, 0.1) is 24.1 Å². The molecular weight excluding hydrogens is 405 g/mol. The number of amides is 1. The van der Waals surface area contributed by atoms with Crippen LogP contribution >= 0.6 is 0 Å². The molecule has 2 unspecified atom stereocenters. The zero-order chi connectivity index (χ0) is 21.9. The number of rotatable bonds is 5. The molecule has 1 saturated carbocycles. The molecule has 1 aliphatic carbocycles. The topological polar surface area (TPSA) is 49.3 Å². The largest absolute Gasteiger partial charge is 0.416 e. The fourth-order valence-electron chi connectivity index (χ4n) is 3.95. The lowest BCUT2D eigenvalue weighted by Gasteiger charge is -2.36. The van der Waals surface area contributed by atoms with Crippen molar-refractivity contribution < 1.29 is 31.9 Å². The highest BCUT2D eigenvalue weighted by molar-refractivity contribution is 5.80. The smallest absolute Gasteiger partial charge is 0.394 e. The van der Waals surface area contributed by atoms with E-state index in [-0.39, 0.29) is 18.4 Å². The first-order valence-electron chi connectivity index (χ1n) is 9.62. The number of nitrogens with one attached hydrogen (secondary N) is 1. The summed E-state index contributed by atoms with van der Waals surface area (Å²) in [5.41, 5.74) is -0.105. The zero-order valence-corrected chi connectivity index (χ0v) is 16.0. The summed E-state index contributed by atoms with van der Waals surface area (Å²) in [5.74, 6) is -5.21. The maximum absolute atomic E-state index is 14.1. The van der Waals surface area contributed by atoms with Crippen molar-refractivity contribution in [2.75, 3.05) is 6.61 Å².